The summed E-state index contributed by atoms with van der Waals surface area (Å²) in [6.45, 7) is 9.24. The van der Waals surface area contributed by atoms with Crippen LogP contribution in [0.25, 0.3) is 0 Å². The van der Waals surface area contributed by atoms with Crippen LogP contribution in [0.3, 0.4) is 0 Å². The molecule has 3 rings (SSSR count). The Morgan fingerprint density at radius 1 is 1.37 bits per heavy atom. The van der Waals surface area contributed by atoms with Crippen LogP contribution in [0.4, 0.5) is 0 Å². The van der Waals surface area contributed by atoms with Crippen molar-refractivity contribution in [3.05, 3.63) is 42.0 Å². The Balaban J connectivity index is 1.88. The number of hydrogen-bond donors (Lipinski definition) is 0. The molecule has 2 unspecified atom stereocenters. The van der Waals surface area contributed by atoms with Crippen LogP contribution in [-0.4, -0.2) is 25.8 Å². The second-order valence-corrected chi connectivity index (χ2v) is 7.89. The maximum absolute atomic E-state index is 12.6. The smallest absolute Gasteiger partial charge is 0.207 e. The van der Waals surface area contributed by atoms with Crippen molar-refractivity contribution in [2.45, 2.75) is 25.2 Å². The van der Waals surface area contributed by atoms with Gasteiger partial charge in [-0.25, -0.2) is 8.42 Å². The summed E-state index contributed by atoms with van der Waals surface area (Å²) >= 11 is 0. The lowest BCUT2D eigenvalue weighted by Crippen LogP contribution is -2.32. The van der Waals surface area contributed by atoms with E-state index in [9.17, 15) is 8.42 Å². The minimum absolute atomic E-state index is 0.0672. The predicted molar refractivity (Wildman–Crippen MR) is 75.3 cm³/mol. The highest BCUT2D eigenvalue weighted by molar-refractivity contribution is 7.89. The molecule has 1 aromatic rings. The van der Waals surface area contributed by atoms with Gasteiger partial charge in [0.2, 0.25) is 10.0 Å². The molecule has 3 nitrogen and oxygen atoms in total. The Labute approximate surface area is 115 Å². The van der Waals surface area contributed by atoms with Crippen LogP contribution < -0.4 is 0 Å². The molecule has 102 valence electrons. The summed E-state index contributed by atoms with van der Waals surface area (Å²) in [5, 5.41) is 0. The van der Waals surface area contributed by atoms with Gasteiger partial charge >= 0.3 is 0 Å². The largest absolute Gasteiger partial charge is 0.243 e. The number of benzene rings is 1. The fourth-order valence-corrected chi connectivity index (χ4v) is 4.69. The first kappa shape index (κ1) is 12.9. The number of sulfonamides is 1. The number of hydrogen-bond acceptors (Lipinski definition) is 2. The van der Waals surface area contributed by atoms with Crippen LogP contribution in [0.5, 0.6) is 0 Å². The minimum Gasteiger partial charge on any atom is -0.207 e. The Morgan fingerprint density at radius 2 is 2.00 bits per heavy atom. The summed E-state index contributed by atoms with van der Waals surface area (Å²) < 4.78 is 26.8. The zero-order chi connectivity index (χ0) is 13.8. The number of rotatable bonds is 3. The van der Waals surface area contributed by atoms with Gasteiger partial charge in [-0.2, -0.15) is 4.31 Å². The van der Waals surface area contributed by atoms with Crippen molar-refractivity contribution in [2.75, 3.05) is 13.1 Å². The Bertz CT molecular complexity index is 633. The van der Waals surface area contributed by atoms with Crippen molar-refractivity contribution in [1.29, 1.82) is 0 Å². The second-order valence-electron chi connectivity index (χ2n) is 5.95. The van der Waals surface area contributed by atoms with Crippen molar-refractivity contribution in [3.8, 4) is 0 Å². The molecule has 1 heterocycles. The van der Waals surface area contributed by atoms with Crippen LogP contribution >= 0.6 is 0 Å². The molecule has 2 fully saturated rings. The van der Waals surface area contributed by atoms with E-state index in [0.717, 1.165) is 17.6 Å². The normalized spacial score (nSPS) is 30.1. The molecule has 2 atom stereocenters. The Hall–Kier alpha value is -1.13. The van der Waals surface area contributed by atoms with Crippen LogP contribution in [0.1, 0.15) is 18.9 Å². The second kappa shape index (κ2) is 3.93. The monoisotopic (exact) mass is 277 g/mol. The fraction of sp³-hybridized carbons (Fsp3) is 0.467. The molecule has 0 radical (unpaired) electrons. The molecule has 1 saturated carbocycles. The molecule has 4 heteroatoms. The highest BCUT2D eigenvalue weighted by atomic mass is 32.2. The standard InChI is InChI=1S/C15H19NO2S/c1-11(2)15-8-13(15)9-16(10-15)19(17,18)14-6-4-12(3)5-7-14/h4-7,13H,1,8-10H2,2-3H3. The van der Waals surface area contributed by atoms with E-state index in [0.29, 0.717) is 23.9 Å². The van der Waals surface area contributed by atoms with Gasteiger partial charge in [0.1, 0.15) is 0 Å². The molecule has 1 aliphatic carbocycles. The molecule has 0 bridgehead atoms. The molecule has 0 amide bonds. The lowest BCUT2D eigenvalue weighted by Gasteiger charge is -2.21. The lowest BCUT2D eigenvalue weighted by atomic mass is 9.98. The van der Waals surface area contributed by atoms with Gasteiger partial charge < -0.3 is 0 Å². The van der Waals surface area contributed by atoms with E-state index >= 15 is 0 Å². The molecule has 1 aliphatic heterocycles. The molecular formula is C15H19NO2S. The first-order chi connectivity index (χ1) is 8.86. The first-order valence-electron chi connectivity index (χ1n) is 6.59. The molecule has 1 aromatic carbocycles. The Morgan fingerprint density at radius 3 is 2.53 bits per heavy atom. The van der Waals surface area contributed by atoms with E-state index in [2.05, 4.69) is 6.58 Å². The summed E-state index contributed by atoms with van der Waals surface area (Å²) in [6, 6.07) is 7.08. The SMILES string of the molecule is C=C(C)C12CC1CN(S(=O)(=O)c1ccc(C)cc1)C2. The third-order valence-corrected chi connectivity index (χ3v) is 6.45. The van der Waals surface area contributed by atoms with E-state index in [-0.39, 0.29) is 5.41 Å². The van der Waals surface area contributed by atoms with Gasteiger partial charge in [0, 0.05) is 18.5 Å². The van der Waals surface area contributed by atoms with E-state index in [4.69, 9.17) is 0 Å². The average molecular weight is 277 g/mol. The average Bonchev–Trinajstić information content (AvgIpc) is 2.93. The number of aryl methyl sites for hydroxylation is 1. The van der Waals surface area contributed by atoms with Crippen LogP contribution in [0.2, 0.25) is 0 Å². The highest BCUT2D eigenvalue weighted by Crippen LogP contribution is 2.62. The third kappa shape index (κ3) is 1.85. The van der Waals surface area contributed by atoms with Crippen molar-refractivity contribution in [3.63, 3.8) is 0 Å². The van der Waals surface area contributed by atoms with E-state index < -0.39 is 10.0 Å². The minimum atomic E-state index is -3.34. The molecular weight excluding hydrogens is 258 g/mol. The summed E-state index contributed by atoms with van der Waals surface area (Å²) in [7, 11) is -3.34. The quantitative estimate of drug-likeness (QED) is 0.796. The highest BCUT2D eigenvalue weighted by Gasteiger charge is 2.62. The van der Waals surface area contributed by atoms with Gasteiger partial charge in [-0.1, -0.05) is 29.8 Å². The molecule has 19 heavy (non-hydrogen) atoms. The predicted octanol–water partition coefficient (Wildman–Crippen LogP) is 2.58. The molecule has 2 aliphatic rings. The Kier molecular flexibility index (Phi) is 2.67. The molecule has 0 spiro atoms. The van der Waals surface area contributed by atoms with Crippen LogP contribution in [-0.2, 0) is 10.0 Å². The maximum Gasteiger partial charge on any atom is 0.243 e. The van der Waals surface area contributed by atoms with Gasteiger partial charge in [0.25, 0.3) is 0 Å². The number of fused-ring (bicyclic) bond motifs is 1. The van der Waals surface area contributed by atoms with Gasteiger partial charge in [-0.15, -0.1) is 0 Å². The summed E-state index contributed by atoms with van der Waals surface area (Å²) in [4.78, 5) is 0.399. The van der Waals surface area contributed by atoms with Crippen molar-refractivity contribution < 1.29 is 8.42 Å². The van der Waals surface area contributed by atoms with E-state index in [1.165, 1.54) is 0 Å². The van der Waals surface area contributed by atoms with Gasteiger partial charge in [-0.05, 0) is 38.3 Å². The number of nitrogens with zero attached hydrogens (tertiary/aromatic N) is 1. The van der Waals surface area contributed by atoms with E-state index in [1.807, 2.05) is 26.0 Å². The lowest BCUT2D eigenvalue weighted by molar-refractivity contribution is 0.422. The zero-order valence-electron chi connectivity index (χ0n) is 11.4. The molecule has 0 aromatic heterocycles. The maximum atomic E-state index is 12.6. The zero-order valence-corrected chi connectivity index (χ0v) is 12.2. The number of piperidine rings is 1. The summed E-state index contributed by atoms with van der Waals surface area (Å²) in [5.74, 6) is 0.477. The van der Waals surface area contributed by atoms with Crippen LogP contribution in [0, 0.1) is 18.3 Å². The first-order valence-corrected chi connectivity index (χ1v) is 8.03. The molecule has 1 saturated heterocycles. The van der Waals surface area contributed by atoms with Gasteiger partial charge in [0.15, 0.2) is 0 Å². The fourth-order valence-electron chi connectivity index (χ4n) is 3.14. The summed E-state index contributed by atoms with van der Waals surface area (Å²) in [6.07, 6.45) is 1.10. The van der Waals surface area contributed by atoms with Crippen LogP contribution in [0.15, 0.2) is 41.3 Å². The van der Waals surface area contributed by atoms with Crippen molar-refractivity contribution in [2.24, 2.45) is 11.3 Å². The topological polar surface area (TPSA) is 37.4 Å². The van der Waals surface area contributed by atoms with Crippen molar-refractivity contribution >= 4 is 10.0 Å². The molecule has 0 N–H and O–H groups in total. The van der Waals surface area contributed by atoms with Crippen molar-refractivity contribution in [1.82, 2.24) is 4.31 Å². The van der Waals surface area contributed by atoms with E-state index in [1.54, 1.807) is 16.4 Å². The van der Waals surface area contributed by atoms with Gasteiger partial charge in [0.05, 0.1) is 4.90 Å². The van der Waals surface area contributed by atoms with Gasteiger partial charge in [-0.3, -0.25) is 0 Å². The summed E-state index contributed by atoms with van der Waals surface area (Å²) in [5.41, 5.74) is 2.26. The third-order valence-electron chi connectivity index (χ3n) is 4.62.